The third-order valence-corrected chi connectivity index (χ3v) is 7.94. The van der Waals surface area contributed by atoms with E-state index in [1.165, 1.54) is 23.8 Å². The zero-order chi connectivity index (χ0) is 16.7. The van der Waals surface area contributed by atoms with E-state index < -0.39 is 10.1 Å². The first kappa shape index (κ1) is 15.2. The molecule has 1 aromatic carbocycles. The molecule has 0 N–H and O–H groups in total. The molecule has 5 rings (SSSR count). The van der Waals surface area contributed by atoms with Gasteiger partial charge in [0.15, 0.2) is 0 Å². The van der Waals surface area contributed by atoms with Crippen molar-refractivity contribution in [1.29, 1.82) is 0 Å². The lowest BCUT2D eigenvalue weighted by molar-refractivity contribution is 0.0507. The third kappa shape index (κ3) is 1.79. The minimum Gasteiger partial charge on any atom is -0.267 e. The lowest BCUT2D eigenvalue weighted by Gasteiger charge is -2.48. The summed E-state index contributed by atoms with van der Waals surface area (Å²) in [4.78, 5) is 0. The van der Waals surface area contributed by atoms with Crippen LogP contribution in [0.25, 0.3) is 0 Å². The summed E-state index contributed by atoms with van der Waals surface area (Å²) in [6.45, 7) is 2.23. The Balaban J connectivity index is 1.62. The van der Waals surface area contributed by atoms with Crippen LogP contribution in [0.5, 0.6) is 0 Å². The van der Waals surface area contributed by atoms with E-state index in [2.05, 4.69) is 43.3 Å². The van der Waals surface area contributed by atoms with Gasteiger partial charge in [0.05, 0.1) is 12.4 Å². The van der Waals surface area contributed by atoms with E-state index in [1.54, 1.807) is 0 Å². The molecular weight excluding hydrogens is 320 g/mol. The van der Waals surface area contributed by atoms with E-state index in [-0.39, 0.29) is 11.5 Å². The van der Waals surface area contributed by atoms with Gasteiger partial charge in [-0.2, -0.15) is 8.42 Å². The van der Waals surface area contributed by atoms with Crippen molar-refractivity contribution >= 4 is 10.1 Å². The van der Waals surface area contributed by atoms with Crippen molar-refractivity contribution in [3.8, 4) is 0 Å². The second-order valence-electron chi connectivity index (χ2n) is 8.34. The first-order valence-corrected chi connectivity index (χ1v) is 10.9. The summed E-state index contributed by atoms with van der Waals surface area (Å²) in [7, 11) is -3.38. The summed E-state index contributed by atoms with van der Waals surface area (Å²) in [5.74, 6) is 2.67. The van der Waals surface area contributed by atoms with Gasteiger partial charge in [-0.05, 0) is 66.9 Å². The first-order valence-electron chi connectivity index (χ1n) is 9.04. The highest BCUT2D eigenvalue weighted by Crippen LogP contribution is 2.73. The molecule has 128 valence electrons. The van der Waals surface area contributed by atoms with Gasteiger partial charge in [0.2, 0.25) is 0 Å². The molecule has 4 aliphatic carbocycles. The van der Waals surface area contributed by atoms with Crippen molar-refractivity contribution in [3.05, 3.63) is 47.5 Å². The van der Waals surface area contributed by atoms with E-state index in [4.69, 9.17) is 4.18 Å². The summed E-state index contributed by atoms with van der Waals surface area (Å²) in [5.41, 5.74) is 3.11. The predicted molar refractivity (Wildman–Crippen MR) is 93.0 cm³/mol. The van der Waals surface area contributed by atoms with Crippen LogP contribution in [-0.2, 0) is 19.7 Å². The van der Waals surface area contributed by atoms with E-state index in [0.717, 1.165) is 12.8 Å². The fraction of sp³-hybridized carbons (Fsp3) is 0.600. The first-order chi connectivity index (χ1) is 11.4. The maximum Gasteiger partial charge on any atom is 0.264 e. The third-order valence-electron chi connectivity index (χ3n) is 7.34. The van der Waals surface area contributed by atoms with Crippen molar-refractivity contribution in [1.82, 2.24) is 0 Å². The second-order valence-corrected chi connectivity index (χ2v) is 9.94. The van der Waals surface area contributed by atoms with E-state index in [0.29, 0.717) is 29.6 Å². The molecule has 0 aliphatic heterocycles. The van der Waals surface area contributed by atoms with Gasteiger partial charge in [0.25, 0.3) is 10.1 Å². The quantitative estimate of drug-likeness (QED) is 0.479. The molecular formula is C20H24O3S. The molecule has 0 aromatic heterocycles. The van der Waals surface area contributed by atoms with Crippen molar-refractivity contribution in [2.75, 3.05) is 6.26 Å². The summed E-state index contributed by atoms with van der Waals surface area (Å²) >= 11 is 0. The number of allylic oxidation sites excluding steroid dienone is 2. The summed E-state index contributed by atoms with van der Waals surface area (Å²) in [5, 5.41) is 0. The number of hydrogen-bond acceptors (Lipinski definition) is 3. The van der Waals surface area contributed by atoms with Crippen LogP contribution in [0.15, 0.2) is 36.4 Å². The molecule has 0 saturated heterocycles. The zero-order valence-electron chi connectivity index (χ0n) is 14.2. The van der Waals surface area contributed by atoms with Crippen molar-refractivity contribution in [3.63, 3.8) is 0 Å². The molecule has 0 spiro atoms. The Morgan fingerprint density at radius 2 is 1.92 bits per heavy atom. The van der Waals surface area contributed by atoms with Gasteiger partial charge in [0.1, 0.15) is 0 Å². The van der Waals surface area contributed by atoms with Crippen LogP contribution < -0.4 is 0 Å². The maximum absolute atomic E-state index is 11.7. The van der Waals surface area contributed by atoms with Crippen LogP contribution in [-0.4, -0.2) is 20.8 Å². The Morgan fingerprint density at radius 3 is 2.67 bits per heavy atom. The molecule has 3 saturated carbocycles. The van der Waals surface area contributed by atoms with Crippen LogP contribution in [0.2, 0.25) is 0 Å². The number of aryl methyl sites for hydroxylation is 1. The standard InChI is InChI=1S/C20H24O3S/c1-12-5-3-4-6-17(12)20-14-8-7-13(9-14)19(20)16-10-15(20)11-18(16)23-24(2,21)22/h3-8,13-16,18-19H,9-11H2,1-2H3. The highest BCUT2D eigenvalue weighted by molar-refractivity contribution is 7.86. The summed E-state index contributed by atoms with van der Waals surface area (Å²) in [6.07, 6.45) is 9.16. The van der Waals surface area contributed by atoms with E-state index >= 15 is 0 Å². The normalized spacial score (nSPS) is 45.1. The topological polar surface area (TPSA) is 43.4 Å². The monoisotopic (exact) mass is 344 g/mol. The van der Waals surface area contributed by atoms with Gasteiger partial charge in [0, 0.05) is 5.41 Å². The van der Waals surface area contributed by atoms with Crippen molar-refractivity contribution < 1.29 is 12.6 Å². The highest BCUT2D eigenvalue weighted by atomic mass is 32.2. The van der Waals surface area contributed by atoms with Crippen molar-refractivity contribution in [2.45, 2.75) is 37.7 Å². The molecule has 7 atom stereocenters. The molecule has 24 heavy (non-hydrogen) atoms. The highest BCUT2D eigenvalue weighted by Gasteiger charge is 2.71. The van der Waals surface area contributed by atoms with Crippen LogP contribution >= 0.6 is 0 Å². The number of rotatable bonds is 3. The molecule has 1 aromatic rings. The molecule has 3 nitrogen and oxygen atoms in total. The van der Waals surface area contributed by atoms with Crippen LogP contribution in [0.1, 0.15) is 30.4 Å². The van der Waals surface area contributed by atoms with Gasteiger partial charge in [-0.15, -0.1) is 0 Å². The van der Waals surface area contributed by atoms with Gasteiger partial charge >= 0.3 is 0 Å². The molecule has 4 aliphatic rings. The van der Waals surface area contributed by atoms with Crippen LogP contribution in [0, 0.1) is 36.5 Å². The molecule has 0 radical (unpaired) electrons. The zero-order valence-corrected chi connectivity index (χ0v) is 15.0. The van der Waals surface area contributed by atoms with Crippen molar-refractivity contribution in [2.24, 2.45) is 29.6 Å². The lowest BCUT2D eigenvalue weighted by atomic mass is 9.56. The Labute approximate surface area is 144 Å². The van der Waals surface area contributed by atoms with E-state index in [1.807, 2.05) is 0 Å². The summed E-state index contributed by atoms with van der Waals surface area (Å²) in [6, 6.07) is 8.84. The minimum absolute atomic E-state index is 0.111. The smallest absolute Gasteiger partial charge is 0.264 e. The molecule has 3 fully saturated rings. The molecule has 4 heteroatoms. The van der Waals surface area contributed by atoms with Gasteiger partial charge in [-0.25, -0.2) is 0 Å². The van der Waals surface area contributed by atoms with Gasteiger partial charge in [-0.3, -0.25) is 4.18 Å². The Kier molecular flexibility index (Phi) is 2.99. The van der Waals surface area contributed by atoms with Gasteiger partial charge < -0.3 is 0 Å². The Bertz CT molecular complexity index is 827. The SMILES string of the molecule is Cc1ccccc1C12C3C=CC(C3)C1C1CC2CC1OS(C)(=O)=O. The van der Waals surface area contributed by atoms with Gasteiger partial charge in [-0.1, -0.05) is 36.4 Å². The minimum atomic E-state index is -3.38. The number of benzene rings is 1. The largest absolute Gasteiger partial charge is 0.267 e. The van der Waals surface area contributed by atoms with Crippen LogP contribution in [0.3, 0.4) is 0 Å². The average Bonchev–Trinajstić information content (AvgIpc) is 3.23. The number of hydrogen-bond donors (Lipinski definition) is 0. The molecule has 7 unspecified atom stereocenters. The molecule has 0 heterocycles. The van der Waals surface area contributed by atoms with E-state index in [9.17, 15) is 8.42 Å². The second kappa shape index (κ2) is 4.73. The predicted octanol–water partition coefficient (Wildman–Crippen LogP) is 3.44. The maximum atomic E-state index is 11.7. The average molecular weight is 344 g/mol. The van der Waals surface area contributed by atoms with Crippen LogP contribution in [0.4, 0.5) is 0 Å². The fourth-order valence-electron chi connectivity index (χ4n) is 6.99. The molecule has 0 amide bonds. The lowest BCUT2D eigenvalue weighted by Crippen LogP contribution is -2.48. The number of fused-ring (bicyclic) bond motifs is 9. The molecule has 4 bridgehead atoms. The fourth-order valence-corrected chi connectivity index (χ4v) is 7.66. The Hall–Kier alpha value is -1.13. The Morgan fingerprint density at radius 1 is 1.12 bits per heavy atom. The summed E-state index contributed by atoms with van der Waals surface area (Å²) < 4.78 is 28.9.